The zero-order chi connectivity index (χ0) is 23.7. The molecule has 1 N–H and O–H groups in total. The number of hydrogen-bond acceptors (Lipinski definition) is 4. The third-order valence-corrected chi connectivity index (χ3v) is 7.60. The van der Waals surface area contributed by atoms with Crippen molar-refractivity contribution in [3.63, 3.8) is 0 Å². The van der Waals surface area contributed by atoms with E-state index in [1.165, 1.54) is 46.0 Å². The van der Waals surface area contributed by atoms with Crippen LogP contribution in [0.1, 0.15) is 45.1 Å². The molecule has 3 aliphatic rings. The molecule has 5 heteroatoms. The first-order valence-electron chi connectivity index (χ1n) is 12.8. The number of methoxy groups -OCH3 is 1. The van der Waals surface area contributed by atoms with Crippen LogP contribution in [-0.4, -0.2) is 56.1 Å². The second kappa shape index (κ2) is 9.83. The molecule has 2 aromatic rings. The minimum Gasteiger partial charge on any atom is -0.481 e. The molecule has 34 heavy (non-hydrogen) atoms. The van der Waals surface area contributed by atoms with Crippen LogP contribution < -0.4 is 10.2 Å². The molecular formula is C29H38N4O. The molecule has 0 amide bonds. The van der Waals surface area contributed by atoms with Crippen molar-refractivity contribution in [2.45, 2.75) is 58.5 Å². The summed E-state index contributed by atoms with van der Waals surface area (Å²) < 4.78 is 5.66. The molecule has 0 saturated carbocycles. The summed E-state index contributed by atoms with van der Waals surface area (Å²) in [5.74, 6) is 1.86. The number of nitrogens with one attached hydrogen (secondary N) is 1. The number of amidine groups is 1. The van der Waals surface area contributed by atoms with Gasteiger partial charge in [0.25, 0.3) is 0 Å². The first kappa shape index (κ1) is 23.0. The van der Waals surface area contributed by atoms with Crippen LogP contribution in [0.5, 0.6) is 0 Å². The minimum atomic E-state index is 0.574. The van der Waals surface area contributed by atoms with Crippen molar-refractivity contribution in [1.82, 2.24) is 10.2 Å². The number of rotatable bonds is 5. The Morgan fingerprint density at radius 1 is 1.12 bits per heavy atom. The number of aryl methyl sites for hydroxylation is 1. The summed E-state index contributed by atoms with van der Waals surface area (Å²) in [6.07, 6.45) is 6.53. The second-order valence-corrected chi connectivity index (χ2v) is 10.0. The predicted molar refractivity (Wildman–Crippen MR) is 143 cm³/mol. The van der Waals surface area contributed by atoms with E-state index in [1.54, 1.807) is 7.11 Å². The summed E-state index contributed by atoms with van der Waals surface area (Å²) in [6.45, 7) is 10.6. The largest absolute Gasteiger partial charge is 0.481 e. The van der Waals surface area contributed by atoms with E-state index in [0.717, 1.165) is 50.7 Å². The van der Waals surface area contributed by atoms with Crippen LogP contribution in [0.15, 0.2) is 64.5 Å². The van der Waals surface area contributed by atoms with Gasteiger partial charge in [0.2, 0.25) is 5.88 Å². The van der Waals surface area contributed by atoms with Crippen molar-refractivity contribution >= 4 is 22.3 Å². The van der Waals surface area contributed by atoms with Gasteiger partial charge in [0, 0.05) is 49.3 Å². The van der Waals surface area contributed by atoms with E-state index in [9.17, 15) is 0 Å². The molecule has 2 unspecified atom stereocenters. The van der Waals surface area contributed by atoms with E-state index in [4.69, 9.17) is 9.73 Å². The molecular weight excluding hydrogens is 420 g/mol. The van der Waals surface area contributed by atoms with Crippen molar-refractivity contribution in [2.24, 2.45) is 4.99 Å². The normalized spacial score (nSPS) is 23.8. The molecule has 2 fully saturated rings. The van der Waals surface area contributed by atoms with Crippen LogP contribution >= 0.6 is 0 Å². The lowest BCUT2D eigenvalue weighted by molar-refractivity contribution is 0.272. The molecule has 5 rings (SSSR count). The number of nitrogens with zero attached hydrogens (tertiary/aromatic N) is 3. The Bertz CT molecular complexity index is 1130. The van der Waals surface area contributed by atoms with Gasteiger partial charge in [-0.05, 0) is 73.8 Å². The average molecular weight is 459 g/mol. The monoisotopic (exact) mass is 458 g/mol. The van der Waals surface area contributed by atoms with Gasteiger partial charge in [0.1, 0.15) is 5.84 Å². The number of benzene rings is 2. The molecule has 2 atom stereocenters. The Morgan fingerprint density at radius 3 is 2.53 bits per heavy atom. The summed E-state index contributed by atoms with van der Waals surface area (Å²) in [6, 6.07) is 14.4. The zero-order valence-corrected chi connectivity index (χ0v) is 21.1. The molecule has 0 aromatic heterocycles. The summed E-state index contributed by atoms with van der Waals surface area (Å²) in [7, 11) is 1.73. The highest BCUT2D eigenvalue weighted by Gasteiger charge is 2.35. The second-order valence-electron chi connectivity index (χ2n) is 10.0. The van der Waals surface area contributed by atoms with Crippen LogP contribution in [0.2, 0.25) is 0 Å². The van der Waals surface area contributed by atoms with Crippen LogP contribution in [0.4, 0.5) is 5.69 Å². The van der Waals surface area contributed by atoms with E-state index < -0.39 is 0 Å². The molecule has 0 radical (unpaired) electrons. The van der Waals surface area contributed by atoms with Gasteiger partial charge in [-0.2, -0.15) is 4.99 Å². The summed E-state index contributed by atoms with van der Waals surface area (Å²) in [5.41, 5.74) is 5.49. The molecule has 2 bridgehead atoms. The smallest absolute Gasteiger partial charge is 0.210 e. The van der Waals surface area contributed by atoms with Crippen LogP contribution in [0, 0.1) is 6.92 Å². The van der Waals surface area contributed by atoms with E-state index in [2.05, 4.69) is 78.4 Å². The van der Waals surface area contributed by atoms with Crippen molar-refractivity contribution < 1.29 is 4.74 Å². The van der Waals surface area contributed by atoms with Gasteiger partial charge in [0.15, 0.2) is 0 Å². The summed E-state index contributed by atoms with van der Waals surface area (Å²) in [5, 5.41) is 6.46. The number of fused-ring (bicyclic) bond motifs is 3. The summed E-state index contributed by atoms with van der Waals surface area (Å²) in [4.78, 5) is 10.2. The fourth-order valence-electron chi connectivity index (χ4n) is 5.95. The number of hydrogen-bond donors (Lipinski definition) is 1. The fraction of sp³-hybridized carbons (Fsp3) is 0.483. The lowest BCUT2D eigenvalue weighted by atomic mass is 9.96. The van der Waals surface area contributed by atoms with Gasteiger partial charge in [-0.25, -0.2) is 0 Å². The highest BCUT2D eigenvalue weighted by Crippen LogP contribution is 2.34. The maximum Gasteiger partial charge on any atom is 0.210 e. The quantitative estimate of drug-likeness (QED) is 0.370. The molecule has 3 aliphatic heterocycles. The van der Waals surface area contributed by atoms with Crippen molar-refractivity contribution in [3.05, 3.63) is 65.1 Å². The van der Waals surface area contributed by atoms with Crippen LogP contribution in [0.3, 0.4) is 0 Å². The number of allylic oxidation sites excluding steroid dienone is 1. The van der Waals surface area contributed by atoms with Crippen LogP contribution in [-0.2, 0) is 4.74 Å². The lowest BCUT2D eigenvalue weighted by Crippen LogP contribution is -2.54. The van der Waals surface area contributed by atoms with E-state index in [0.29, 0.717) is 12.1 Å². The maximum atomic E-state index is 5.66. The molecule has 2 saturated heterocycles. The fourth-order valence-corrected chi connectivity index (χ4v) is 5.95. The Labute approximate surface area is 204 Å². The number of piperazine rings is 1. The SMILES string of the molecule is CC/C=C(/N=C(\C1=C(C)CN(c2cccc3cccc(C)c23)CC1)N1CC2CCC(C1)N2)OC. The van der Waals surface area contributed by atoms with Crippen molar-refractivity contribution in [2.75, 3.05) is 38.2 Å². The standard InChI is InChI=1S/C29H38N4O/c1-5-8-27(34-4)31-29(33-18-23-13-14-24(19-33)30-23)25-15-16-32(17-21(25)3)26-12-7-11-22-10-6-9-20(2)28(22)26/h6-12,23-24,30H,5,13-19H2,1-4H3/b27-8-,31-29+. The van der Waals surface area contributed by atoms with E-state index in [-0.39, 0.29) is 0 Å². The molecule has 2 aromatic carbocycles. The first-order chi connectivity index (χ1) is 16.6. The number of anilines is 1. The average Bonchev–Trinajstić information content (AvgIpc) is 3.19. The Morgan fingerprint density at radius 2 is 1.85 bits per heavy atom. The molecule has 3 heterocycles. The highest BCUT2D eigenvalue weighted by atomic mass is 16.5. The Hall–Kier alpha value is -2.79. The lowest BCUT2D eigenvalue weighted by Gasteiger charge is -2.39. The Balaban J connectivity index is 1.49. The number of likely N-dealkylation sites (tertiary alicyclic amines) is 1. The van der Waals surface area contributed by atoms with Gasteiger partial charge < -0.3 is 19.9 Å². The van der Waals surface area contributed by atoms with E-state index in [1.807, 2.05) is 0 Å². The highest BCUT2D eigenvalue weighted by molar-refractivity contribution is 6.01. The van der Waals surface area contributed by atoms with Crippen molar-refractivity contribution in [1.29, 1.82) is 0 Å². The Kier molecular flexibility index (Phi) is 6.64. The van der Waals surface area contributed by atoms with Gasteiger partial charge >= 0.3 is 0 Å². The van der Waals surface area contributed by atoms with Crippen molar-refractivity contribution in [3.8, 4) is 0 Å². The third kappa shape index (κ3) is 4.46. The molecule has 0 spiro atoms. The van der Waals surface area contributed by atoms with Gasteiger partial charge in [-0.1, -0.05) is 37.3 Å². The van der Waals surface area contributed by atoms with E-state index >= 15 is 0 Å². The van der Waals surface area contributed by atoms with Gasteiger partial charge in [0.05, 0.1) is 7.11 Å². The van der Waals surface area contributed by atoms with Crippen LogP contribution in [0.25, 0.3) is 10.8 Å². The van der Waals surface area contributed by atoms with Gasteiger partial charge in [-0.3, -0.25) is 0 Å². The summed E-state index contributed by atoms with van der Waals surface area (Å²) >= 11 is 0. The molecule has 0 aliphatic carbocycles. The molecule has 180 valence electrons. The third-order valence-electron chi connectivity index (χ3n) is 7.60. The first-order valence-corrected chi connectivity index (χ1v) is 12.8. The predicted octanol–water partition coefficient (Wildman–Crippen LogP) is 5.41. The number of aliphatic imine (C=N–C) groups is 1. The minimum absolute atomic E-state index is 0.574. The molecule has 5 nitrogen and oxygen atoms in total. The van der Waals surface area contributed by atoms with Gasteiger partial charge in [-0.15, -0.1) is 0 Å². The number of ether oxygens (including phenoxy) is 1. The maximum absolute atomic E-state index is 5.66. The topological polar surface area (TPSA) is 40.1 Å². The zero-order valence-electron chi connectivity index (χ0n) is 21.1.